The molecule has 0 bridgehead atoms. The van der Waals surface area contributed by atoms with Gasteiger partial charge in [0.25, 0.3) is 0 Å². The molecule has 0 atom stereocenters. The highest BCUT2D eigenvalue weighted by Crippen LogP contribution is 2.34. The summed E-state index contributed by atoms with van der Waals surface area (Å²) in [4.78, 5) is 0. The van der Waals surface area contributed by atoms with Gasteiger partial charge in [-0.2, -0.15) is 5.10 Å². The Bertz CT molecular complexity index is 538. The van der Waals surface area contributed by atoms with E-state index < -0.39 is 0 Å². The first-order chi connectivity index (χ1) is 8.00. The lowest BCUT2D eigenvalue weighted by Gasteiger charge is -2.10. The number of rotatable bonds is 2. The van der Waals surface area contributed by atoms with Crippen LogP contribution in [0.5, 0.6) is 0 Å². The lowest BCUT2D eigenvalue weighted by atomic mass is 9.94. The number of aryl methyl sites for hydroxylation is 2. The fourth-order valence-corrected chi connectivity index (χ4v) is 2.08. The summed E-state index contributed by atoms with van der Waals surface area (Å²) >= 11 is 0. The maximum absolute atomic E-state index is 5.99. The molecule has 0 spiro atoms. The largest absolute Gasteiger partial charge is 0.382 e. The molecule has 0 radical (unpaired) electrons. The summed E-state index contributed by atoms with van der Waals surface area (Å²) in [6.07, 6.45) is 0. The predicted octanol–water partition coefficient (Wildman–Crippen LogP) is 3.40. The highest BCUT2D eigenvalue weighted by molar-refractivity contribution is 5.79. The van der Waals surface area contributed by atoms with Gasteiger partial charge >= 0.3 is 0 Å². The van der Waals surface area contributed by atoms with Crippen LogP contribution < -0.4 is 5.73 Å². The SMILES string of the molecule is Cc1ccc(C)c(-c2c(N)n[nH]c2C(C)C)c1. The van der Waals surface area contributed by atoms with E-state index in [4.69, 9.17) is 5.73 Å². The van der Waals surface area contributed by atoms with Gasteiger partial charge in [-0.1, -0.05) is 37.6 Å². The summed E-state index contributed by atoms with van der Waals surface area (Å²) < 4.78 is 0. The molecule has 3 N–H and O–H groups in total. The fourth-order valence-electron chi connectivity index (χ4n) is 2.08. The minimum atomic E-state index is 0.384. The van der Waals surface area contributed by atoms with Crippen molar-refractivity contribution in [3.63, 3.8) is 0 Å². The van der Waals surface area contributed by atoms with E-state index in [1.165, 1.54) is 16.7 Å². The molecule has 0 aliphatic rings. The van der Waals surface area contributed by atoms with E-state index in [1.54, 1.807) is 0 Å². The van der Waals surface area contributed by atoms with E-state index in [9.17, 15) is 0 Å². The second-order valence-corrected chi connectivity index (χ2v) is 4.87. The van der Waals surface area contributed by atoms with Crippen LogP contribution in [0.15, 0.2) is 18.2 Å². The molecule has 2 rings (SSSR count). The quantitative estimate of drug-likeness (QED) is 0.829. The number of nitrogens with one attached hydrogen (secondary N) is 1. The van der Waals surface area contributed by atoms with E-state index >= 15 is 0 Å². The van der Waals surface area contributed by atoms with E-state index in [-0.39, 0.29) is 0 Å². The van der Waals surface area contributed by atoms with Gasteiger partial charge in [0, 0.05) is 11.3 Å². The number of aromatic nitrogens is 2. The maximum atomic E-state index is 5.99. The highest BCUT2D eigenvalue weighted by Gasteiger charge is 2.17. The Hall–Kier alpha value is -1.77. The van der Waals surface area contributed by atoms with Crippen molar-refractivity contribution in [1.82, 2.24) is 10.2 Å². The zero-order valence-electron chi connectivity index (χ0n) is 10.8. The molecule has 3 nitrogen and oxygen atoms in total. The second-order valence-electron chi connectivity index (χ2n) is 4.87. The molecule has 0 saturated carbocycles. The van der Waals surface area contributed by atoms with Gasteiger partial charge in [0.05, 0.1) is 0 Å². The zero-order chi connectivity index (χ0) is 12.6. The lowest BCUT2D eigenvalue weighted by molar-refractivity contribution is 0.812. The summed E-state index contributed by atoms with van der Waals surface area (Å²) in [5.41, 5.74) is 11.8. The van der Waals surface area contributed by atoms with E-state index in [2.05, 4.69) is 56.1 Å². The standard InChI is InChI=1S/C14H19N3/c1-8(2)13-12(14(15)17-16-13)11-7-9(3)5-6-10(11)4/h5-8H,1-4H3,(H3,15,16,17). The van der Waals surface area contributed by atoms with E-state index in [1.807, 2.05) is 0 Å². The molecular formula is C14H19N3. The molecule has 2 aromatic rings. The second kappa shape index (κ2) is 4.24. The van der Waals surface area contributed by atoms with Crippen LogP contribution in [0.1, 0.15) is 36.6 Å². The number of nitrogens with two attached hydrogens (primary N) is 1. The molecule has 90 valence electrons. The van der Waals surface area contributed by atoms with Gasteiger partial charge in [-0.3, -0.25) is 5.10 Å². The summed E-state index contributed by atoms with van der Waals surface area (Å²) in [5.74, 6) is 0.970. The third kappa shape index (κ3) is 2.05. The van der Waals surface area contributed by atoms with Gasteiger partial charge < -0.3 is 5.73 Å². The van der Waals surface area contributed by atoms with Crippen molar-refractivity contribution in [2.45, 2.75) is 33.6 Å². The molecule has 3 heteroatoms. The number of hydrogen-bond donors (Lipinski definition) is 2. The molecule has 1 aromatic carbocycles. The Balaban J connectivity index is 2.67. The summed E-state index contributed by atoms with van der Waals surface area (Å²) in [7, 11) is 0. The van der Waals surface area contributed by atoms with Crippen molar-refractivity contribution in [2.24, 2.45) is 0 Å². The molecule has 1 aromatic heterocycles. The molecule has 0 aliphatic carbocycles. The van der Waals surface area contributed by atoms with Crippen molar-refractivity contribution in [1.29, 1.82) is 0 Å². The number of nitrogen functional groups attached to an aromatic ring is 1. The van der Waals surface area contributed by atoms with E-state index in [0.29, 0.717) is 11.7 Å². The van der Waals surface area contributed by atoms with Crippen LogP contribution in [0.4, 0.5) is 5.82 Å². The van der Waals surface area contributed by atoms with E-state index in [0.717, 1.165) is 11.3 Å². The van der Waals surface area contributed by atoms with Crippen LogP contribution in [0.2, 0.25) is 0 Å². The van der Waals surface area contributed by atoms with Crippen LogP contribution >= 0.6 is 0 Å². The van der Waals surface area contributed by atoms with Gasteiger partial charge in [0.1, 0.15) is 0 Å². The van der Waals surface area contributed by atoms with Gasteiger partial charge in [-0.15, -0.1) is 0 Å². The Labute approximate surface area is 102 Å². The average molecular weight is 229 g/mol. The molecule has 0 amide bonds. The topological polar surface area (TPSA) is 54.7 Å². The molecule has 0 fully saturated rings. The number of benzene rings is 1. The molecule has 17 heavy (non-hydrogen) atoms. The Kier molecular flexibility index (Phi) is 2.92. The monoisotopic (exact) mass is 229 g/mol. The summed E-state index contributed by atoms with van der Waals surface area (Å²) in [6.45, 7) is 8.47. The van der Waals surface area contributed by atoms with Crippen molar-refractivity contribution < 1.29 is 0 Å². The number of hydrogen-bond acceptors (Lipinski definition) is 2. The Morgan fingerprint density at radius 1 is 1.24 bits per heavy atom. The number of aromatic amines is 1. The van der Waals surface area contributed by atoms with Crippen LogP contribution in [0.3, 0.4) is 0 Å². The van der Waals surface area contributed by atoms with Gasteiger partial charge in [0.15, 0.2) is 5.82 Å². The molecular weight excluding hydrogens is 210 g/mol. The third-order valence-electron chi connectivity index (χ3n) is 3.06. The van der Waals surface area contributed by atoms with Gasteiger partial charge in [-0.05, 0) is 30.9 Å². The minimum absolute atomic E-state index is 0.384. The first-order valence-electron chi connectivity index (χ1n) is 5.92. The number of nitrogens with zero attached hydrogens (tertiary/aromatic N) is 1. The maximum Gasteiger partial charge on any atom is 0.153 e. The van der Waals surface area contributed by atoms with Crippen LogP contribution in [0.25, 0.3) is 11.1 Å². The molecule has 0 saturated heterocycles. The molecule has 1 heterocycles. The summed E-state index contributed by atoms with van der Waals surface area (Å²) in [5, 5.41) is 7.18. The van der Waals surface area contributed by atoms with Crippen molar-refractivity contribution in [3.8, 4) is 11.1 Å². The Morgan fingerprint density at radius 2 is 1.94 bits per heavy atom. The molecule has 0 unspecified atom stereocenters. The smallest absolute Gasteiger partial charge is 0.153 e. The zero-order valence-corrected chi connectivity index (χ0v) is 10.8. The van der Waals surface area contributed by atoms with Crippen molar-refractivity contribution >= 4 is 5.82 Å². The first kappa shape index (κ1) is 11.7. The number of anilines is 1. The Morgan fingerprint density at radius 3 is 2.59 bits per heavy atom. The van der Waals surface area contributed by atoms with Gasteiger partial charge in [-0.25, -0.2) is 0 Å². The lowest BCUT2D eigenvalue weighted by Crippen LogP contribution is -1.95. The predicted molar refractivity (Wildman–Crippen MR) is 72.0 cm³/mol. The normalized spacial score (nSPS) is 11.1. The highest BCUT2D eigenvalue weighted by atomic mass is 15.2. The third-order valence-corrected chi connectivity index (χ3v) is 3.06. The number of H-pyrrole nitrogens is 1. The average Bonchev–Trinajstić information content (AvgIpc) is 2.64. The fraction of sp³-hybridized carbons (Fsp3) is 0.357. The minimum Gasteiger partial charge on any atom is -0.382 e. The van der Waals surface area contributed by atoms with Crippen LogP contribution in [0, 0.1) is 13.8 Å². The van der Waals surface area contributed by atoms with Crippen LogP contribution in [-0.2, 0) is 0 Å². The summed E-state index contributed by atoms with van der Waals surface area (Å²) in [6, 6.07) is 6.41. The first-order valence-corrected chi connectivity index (χ1v) is 5.92. The van der Waals surface area contributed by atoms with Gasteiger partial charge in [0.2, 0.25) is 0 Å². The molecule has 0 aliphatic heterocycles. The van der Waals surface area contributed by atoms with Crippen molar-refractivity contribution in [2.75, 3.05) is 5.73 Å². The van der Waals surface area contributed by atoms with Crippen molar-refractivity contribution in [3.05, 3.63) is 35.0 Å². The van der Waals surface area contributed by atoms with Crippen LogP contribution in [-0.4, -0.2) is 10.2 Å².